The molecule has 0 bridgehead atoms. The molecule has 2 aromatic carbocycles. The summed E-state index contributed by atoms with van der Waals surface area (Å²) in [6.45, 7) is 7.45. The summed E-state index contributed by atoms with van der Waals surface area (Å²) in [6, 6.07) is 10.7. The van der Waals surface area contributed by atoms with Gasteiger partial charge in [0, 0.05) is 32.2 Å². The van der Waals surface area contributed by atoms with Gasteiger partial charge in [-0.3, -0.25) is 14.5 Å². The summed E-state index contributed by atoms with van der Waals surface area (Å²) >= 11 is 0. The van der Waals surface area contributed by atoms with Gasteiger partial charge in [-0.05, 0) is 43.7 Å². The van der Waals surface area contributed by atoms with E-state index in [2.05, 4.69) is 4.90 Å². The van der Waals surface area contributed by atoms with E-state index in [4.69, 9.17) is 14.2 Å². The smallest absolute Gasteiger partial charge is 0.295 e. The van der Waals surface area contributed by atoms with Gasteiger partial charge in [0.25, 0.3) is 11.7 Å². The average Bonchev–Trinajstić information content (AvgIpc) is 3.12. The number of rotatable bonds is 8. The zero-order chi connectivity index (χ0) is 25.8. The number of phenols is 1. The number of likely N-dealkylation sites (tertiary alicyclic amines) is 1. The van der Waals surface area contributed by atoms with Crippen molar-refractivity contribution in [2.24, 2.45) is 0 Å². The largest absolute Gasteiger partial charge is 0.507 e. The van der Waals surface area contributed by atoms with Crippen molar-refractivity contribution in [2.75, 3.05) is 46.5 Å². The van der Waals surface area contributed by atoms with Gasteiger partial charge in [-0.15, -0.1) is 0 Å². The fourth-order valence-electron chi connectivity index (χ4n) is 4.52. The number of methoxy groups -OCH3 is 1. The molecular formula is C27H32N2O7. The molecule has 36 heavy (non-hydrogen) atoms. The minimum atomic E-state index is -0.819. The highest BCUT2D eigenvalue weighted by molar-refractivity contribution is 6.46. The molecule has 2 N–H and O–H groups in total. The number of benzene rings is 2. The van der Waals surface area contributed by atoms with Crippen molar-refractivity contribution in [2.45, 2.75) is 26.0 Å². The number of aliphatic hydroxyl groups is 1. The molecule has 2 aliphatic heterocycles. The van der Waals surface area contributed by atoms with E-state index in [1.54, 1.807) is 30.3 Å². The molecule has 9 heteroatoms. The number of ether oxygens (including phenoxy) is 3. The maximum absolute atomic E-state index is 13.2. The standard InChI is InChI=1S/C27H32N2O7/c1-17(2)36-19-6-4-18(5-7-19)24-23(25(31)21-9-8-20(34-3)16-22(21)30)26(32)27(33)29(24)11-10-28-12-14-35-15-13-28/h4-9,16-17,24,30-31H,10-15H2,1-3H3/t24-/m1/s1. The molecule has 4 rings (SSSR count). The lowest BCUT2D eigenvalue weighted by Gasteiger charge is -2.31. The van der Waals surface area contributed by atoms with E-state index in [-0.39, 0.29) is 23.0 Å². The Labute approximate surface area is 210 Å². The third-order valence-electron chi connectivity index (χ3n) is 6.33. The minimum Gasteiger partial charge on any atom is -0.507 e. The zero-order valence-corrected chi connectivity index (χ0v) is 20.8. The van der Waals surface area contributed by atoms with Crippen LogP contribution < -0.4 is 9.47 Å². The van der Waals surface area contributed by atoms with Crippen LogP contribution in [0.2, 0.25) is 0 Å². The number of carbonyl (C=O) groups excluding carboxylic acids is 2. The highest BCUT2D eigenvalue weighted by atomic mass is 16.5. The number of hydrogen-bond acceptors (Lipinski definition) is 8. The van der Waals surface area contributed by atoms with Crippen molar-refractivity contribution < 1.29 is 34.0 Å². The number of phenolic OH excluding ortho intramolecular Hbond substituents is 1. The van der Waals surface area contributed by atoms with E-state index < -0.39 is 23.5 Å². The zero-order valence-electron chi connectivity index (χ0n) is 20.8. The molecule has 9 nitrogen and oxygen atoms in total. The van der Waals surface area contributed by atoms with Crippen molar-refractivity contribution in [1.82, 2.24) is 9.80 Å². The second-order valence-electron chi connectivity index (χ2n) is 9.07. The fourth-order valence-corrected chi connectivity index (χ4v) is 4.52. The number of carbonyl (C=O) groups is 2. The number of ketones is 1. The summed E-state index contributed by atoms with van der Waals surface area (Å²) in [5, 5.41) is 21.7. The van der Waals surface area contributed by atoms with E-state index in [1.165, 1.54) is 24.1 Å². The first-order valence-electron chi connectivity index (χ1n) is 12.0. The second kappa shape index (κ2) is 11.0. The quantitative estimate of drug-likeness (QED) is 0.326. The molecule has 2 saturated heterocycles. The summed E-state index contributed by atoms with van der Waals surface area (Å²) in [5.41, 5.74) is 0.633. The molecule has 1 amide bonds. The molecule has 0 radical (unpaired) electrons. The van der Waals surface area contributed by atoms with Gasteiger partial charge < -0.3 is 29.3 Å². The van der Waals surface area contributed by atoms with Crippen LogP contribution in [0.25, 0.3) is 5.76 Å². The average molecular weight is 497 g/mol. The maximum Gasteiger partial charge on any atom is 0.295 e. The van der Waals surface area contributed by atoms with Crippen molar-refractivity contribution in [3.05, 3.63) is 59.2 Å². The highest BCUT2D eigenvalue weighted by Crippen LogP contribution is 2.41. The van der Waals surface area contributed by atoms with Gasteiger partial charge in [0.05, 0.1) is 43.6 Å². The Morgan fingerprint density at radius 3 is 2.33 bits per heavy atom. The lowest BCUT2D eigenvalue weighted by Crippen LogP contribution is -2.42. The molecule has 1 atom stereocenters. The molecule has 2 heterocycles. The van der Waals surface area contributed by atoms with Crippen LogP contribution in [0, 0.1) is 0 Å². The van der Waals surface area contributed by atoms with Gasteiger partial charge >= 0.3 is 0 Å². The van der Waals surface area contributed by atoms with Crippen LogP contribution in [0.5, 0.6) is 17.2 Å². The Balaban J connectivity index is 1.74. The Kier molecular flexibility index (Phi) is 7.81. The van der Waals surface area contributed by atoms with Crippen LogP contribution in [0.3, 0.4) is 0 Å². The first-order chi connectivity index (χ1) is 17.3. The molecule has 2 fully saturated rings. The van der Waals surface area contributed by atoms with Crippen LogP contribution >= 0.6 is 0 Å². The first kappa shape index (κ1) is 25.5. The van der Waals surface area contributed by atoms with Gasteiger partial charge in [0.1, 0.15) is 23.0 Å². The third kappa shape index (κ3) is 5.32. The van der Waals surface area contributed by atoms with Crippen molar-refractivity contribution in [3.8, 4) is 17.2 Å². The van der Waals surface area contributed by atoms with E-state index in [0.717, 1.165) is 13.1 Å². The normalized spacial score (nSPS) is 20.2. The number of aromatic hydroxyl groups is 1. The van der Waals surface area contributed by atoms with Gasteiger partial charge in [-0.2, -0.15) is 0 Å². The van der Waals surface area contributed by atoms with Gasteiger partial charge in [-0.1, -0.05) is 12.1 Å². The molecule has 2 aromatic rings. The number of hydrogen-bond donors (Lipinski definition) is 2. The Bertz CT molecular complexity index is 1140. The second-order valence-corrected chi connectivity index (χ2v) is 9.07. The summed E-state index contributed by atoms with van der Waals surface area (Å²) in [4.78, 5) is 30.1. The summed E-state index contributed by atoms with van der Waals surface area (Å²) in [7, 11) is 1.46. The number of Topliss-reactive ketones (excluding diaryl/α,β-unsaturated/α-hetero) is 1. The molecule has 2 aliphatic rings. The number of aliphatic hydroxyl groups excluding tert-OH is 1. The Morgan fingerprint density at radius 2 is 1.72 bits per heavy atom. The topological polar surface area (TPSA) is 109 Å². The van der Waals surface area contributed by atoms with Crippen LogP contribution in [-0.4, -0.2) is 84.3 Å². The van der Waals surface area contributed by atoms with Crippen molar-refractivity contribution in [1.29, 1.82) is 0 Å². The van der Waals surface area contributed by atoms with Crippen LogP contribution in [0.1, 0.15) is 31.0 Å². The van der Waals surface area contributed by atoms with Crippen LogP contribution in [0.4, 0.5) is 0 Å². The third-order valence-corrected chi connectivity index (χ3v) is 6.33. The lowest BCUT2D eigenvalue weighted by atomic mass is 9.95. The molecule has 0 spiro atoms. The molecule has 0 unspecified atom stereocenters. The van der Waals surface area contributed by atoms with Gasteiger partial charge in [0.15, 0.2) is 0 Å². The molecule has 0 saturated carbocycles. The summed E-state index contributed by atoms with van der Waals surface area (Å²) < 4.78 is 16.3. The van der Waals surface area contributed by atoms with Gasteiger partial charge in [-0.25, -0.2) is 0 Å². The van der Waals surface area contributed by atoms with E-state index in [9.17, 15) is 19.8 Å². The molecule has 192 valence electrons. The van der Waals surface area contributed by atoms with E-state index in [0.29, 0.717) is 43.4 Å². The van der Waals surface area contributed by atoms with Crippen molar-refractivity contribution in [3.63, 3.8) is 0 Å². The summed E-state index contributed by atoms with van der Waals surface area (Å²) in [6.07, 6.45) is -0.00643. The van der Waals surface area contributed by atoms with E-state index in [1.807, 2.05) is 13.8 Å². The minimum absolute atomic E-state index is 0.00643. The lowest BCUT2D eigenvalue weighted by molar-refractivity contribution is -0.140. The highest BCUT2D eigenvalue weighted by Gasteiger charge is 2.46. The number of amides is 1. The van der Waals surface area contributed by atoms with Crippen LogP contribution in [-0.2, 0) is 14.3 Å². The molecular weight excluding hydrogens is 464 g/mol. The SMILES string of the molecule is COc1ccc(C(O)=C2C(=O)C(=O)N(CCN3CCOCC3)[C@@H]2c2ccc(OC(C)C)cc2)c(O)c1. The van der Waals surface area contributed by atoms with Gasteiger partial charge in [0.2, 0.25) is 0 Å². The Morgan fingerprint density at radius 1 is 1.06 bits per heavy atom. The van der Waals surface area contributed by atoms with Crippen LogP contribution in [0.15, 0.2) is 48.0 Å². The predicted octanol–water partition coefficient (Wildman–Crippen LogP) is 2.94. The first-order valence-corrected chi connectivity index (χ1v) is 12.0. The fraction of sp³-hybridized carbons (Fsp3) is 0.407. The summed E-state index contributed by atoms with van der Waals surface area (Å²) in [5.74, 6) is -1.12. The number of morpholine rings is 1. The Hall–Kier alpha value is -3.56. The predicted molar refractivity (Wildman–Crippen MR) is 133 cm³/mol. The molecule has 0 aromatic heterocycles. The van der Waals surface area contributed by atoms with E-state index >= 15 is 0 Å². The monoisotopic (exact) mass is 496 g/mol. The maximum atomic E-state index is 13.2. The molecule has 0 aliphatic carbocycles. The van der Waals surface area contributed by atoms with Crippen molar-refractivity contribution >= 4 is 17.4 Å². The number of nitrogens with zero attached hydrogens (tertiary/aromatic N) is 2.